The summed E-state index contributed by atoms with van der Waals surface area (Å²) in [6, 6.07) is 7.47. The molecule has 0 aromatic heterocycles. The second-order valence-corrected chi connectivity index (χ2v) is 5.78. The highest BCUT2D eigenvalue weighted by Gasteiger charge is 2.20. The number of carbonyl (C=O) groups is 1. The third-order valence-corrected chi connectivity index (χ3v) is 3.39. The second kappa shape index (κ2) is 7.51. The largest absolute Gasteiger partial charge is 0.349 e. The van der Waals surface area contributed by atoms with E-state index in [-0.39, 0.29) is 17.9 Å². The highest BCUT2D eigenvalue weighted by molar-refractivity contribution is 6.30. The van der Waals surface area contributed by atoms with E-state index in [2.05, 4.69) is 19.2 Å². The molecule has 0 heterocycles. The second-order valence-electron chi connectivity index (χ2n) is 5.34. The Balaban J connectivity index is 2.62. The summed E-state index contributed by atoms with van der Waals surface area (Å²) < 4.78 is 0. The normalized spacial score (nSPS) is 14.2. The van der Waals surface area contributed by atoms with Crippen LogP contribution in [0.1, 0.15) is 38.8 Å². The van der Waals surface area contributed by atoms with Crippen molar-refractivity contribution < 1.29 is 4.79 Å². The lowest BCUT2D eigenvalue weighted by atomic mass is 9.96. The average Bonchev–Trinajstić information content (AvgIpc) is 2.36. The van der Waals surface area contributed by atoms with E-state index in [1.54, 1.807) is 0 Å². The molecule has 106 valence electrons. The minimum Gasteiger partial charge on any atom is -0.349 e. The molecule has 3 nitrogen and oxygen atoms in total. The van der Waals surface area contributed by atoms with Gasteiger partial charge in [0.2, 0.25) is 5.91 Å². The number of amides is 1. The van der Waals surface area contributed by atoms with Gasteiger partial charge in [-0.2, -0.15) is 0 Å². The molecule has 0 bridgehead atoms. The van der Waals surface area contributed by atoms with Gasteiger partial charge in [0.15, 0.2) is 0 Å². The SMILES string of the molecule is CC(C)CC(CN)C(=O)N[C@@H](C)c1ccc(Cl)cc1. The van der Waals surface area contributed by atoms with Crippen LogP contribution in [0.3, 0.4) is 0 Å². The van der Waals surface area contributed by atoms with Crippen LogP contribution in [0.2, 0.25) is 5.02 Å². The van der Waals surface area contributed by atoms with E-state index in [1.807, 2.05) is 31.2 Å². The van der Waals surface area contributed by atoms with Crippen LogP contribution < -0.4 is 11.1 Å². The van der Waals surface area contributed by atoms with Gasteiger partial charge in [-0.1, -0.05) is 37.6 Å². The summed E-state index contributed by atoms with van der Waals surface area (Å²) in [5, 5.41) is 3.71. The minimum atomic E-state index is -0.116. The Bertz CT molecular complexity index is 403. The van der Waals surface area contributed by atoms with Gasteiger partial charge in [-0.25, -0.2) is 0 Å². The molecule has 1 amide bonds. The molecule has 0 radical (unpaired) electrons. The number of hydrogen-bond acceptors (Lipinski definition) is 2. The molecule has 1 aromatic rings. The van der Waals surface area contributed by atoms with Crippen molar-refractivity contribution in [2.45, 2.75) is 33.2 Å². The highest BCUT2D eigenvalue weighted by atomic mass is 35.5. The number of nitrogens with two attached hydrogens (primary N) is 1. The van der Waals surface area contributed by atoms with Gasteiger partial charge in [-0.15, -0.1) is 0 Å². The van der Waals surface area contributed by atoms with E-state index in [0.717, 1.165) is 12.0 Å². The van der Waals surface area contributed by atoms with Gasteiger partial charge >= 0.3 is 0 Å². The summed E-state index contributed by atoms with van der Waals surface area (Å²) in [7, 11) is 0. The van der Waals surface area contributed by atoms with Crippen molar-refractivity contribution in [3.63, 3.8) is 0 Å². The lowest BCUT2D eigenvalue weighted by Gasteiger charge is -2.20. The zero-order chi connectivity index (χ0) is 14.4. The van der Waals surface area contributed by atoms with Crippen molar-refractivity contribution >= 4 is 17.5 Å². The van der Waals surface area contributed by atoms with Crippen molar-refractivity contribution in [2.24, 2.45) is 17.6 Å². The first-order valence-corrected chi connectivity index (χ1v) is 7.07. The fraction of sp³-hybridized carbons (Fsp3) is 0.533. The maximum absolute atomic E-state index is 12.1. The summed E-state index contributed by atoms with van der Waals surface area (Å²) in [5.41, 5.74) is 6.72. The molecular formula is C15H23ClN2O. The highest BCUT2D eigenvalue weighted by Crippen LogP contribution is 2.17. The Morgan fingerprint density at radius 2 is 1.84 bits per heavy atom. The number of benzene rings is 1. The molecule has 0 spiro atoms. The zero-order valence-corrected chi connectivity index (χ0v) is 12.6. The number of carbonyl (C=O) groups excluding carboxylic acids is 1. The van der Waals surface area contributed by atoms with E-state index in [4.69, 9.17) is 17.3 Å². The van der Waals surface area contributed by atoms with Gasteiger partial charge in [-0.05, 0) is 37.0 Å². The number of nitrogens with one attached hydrogen (secondary N) is 1. The molecule has 0 saturated carbocycles. The lowest BCUT2D eigenvalue weighted by Crippen LogP contribution is -2.37. The smallest absolute Gasteiger partial charge is 0.224 e. The van der Waals surface area contributed by atoms with Crippen LogP contribution in [0.15, 0.2) is 24.3 Å². The maximum Gasteiger partial charge on any atom is 0.224 e. The number of halogens is 1. The van der Waals surface area contributed by atoms with Gasteiger partial charge < -0.3 is 11.1 Å². The maximum atomic E-state index is 12.1. The van der Waals surface area contributed by atoms with Gasteiger partial charge in [-0.3, -0.25) is 4.79 Å². The van der Waals surface area contributed by atoms with Gasteiger partial charge in [0.25, 0.3) is 0 Å². The number of hydrogen-bond donors (Lipinski definition) is 2. The van der Waals surface area contributed by atoms with Crippen molar-refractivity contribution in [3.8, 4) is 0 Å². The molecule has 1 aromatic carbocycles. The van der Waals surface area contributed by atoms with E-state index in [0.29, 0.717) is 17.5 Å². The third-order valence-electron chi connectivity index (χ3n) is 3.14. The van der Waals surface area contributed by atoms with E-state index >= 15 is 0 Å². The fourth-order valence-corrected chi connectivity index (χ4v) is 2.17. The summed E-state index contributed by atoms with van der Waals surface area (Å²) in [6.45, 7) is 6.54. The first-order valence-electron chi connectivity index (χ1n) is 6.70. The van der Waals surface area contributed by atoms with Gasteiger partial charge in [0, 0.05) is 11.6 Å². The van der Waals surface area contributed by atoms with Crippen LogP contribution >= 0.6 is 11.6 Å². The van der Waals surface area contributed by atoms with Crippen LogP contribution in [0.4, 0.5) is 0 Å². The molecular weight excluding hydrogens is 260 g/mol. The van der Waals surface area contributed by atoms with Crippen LogP contribution in [-0.4, -0.2) is 12.5 Å². The predicted molar refractivity (Wildman–Crippen MR) is 80.0 cm³/mol. The standard InChI is InChI=1S/C15H23ClN2O/c1-10(2)8-13(9-17)15(19)18-11(3)12-4-6-14(16)7-5-12/h4-7,10-11,13H,8-9,17H2,1-3H3,(H,18,19)/t11-,13?/m0/s1. The molecule has 0 fully saturated rings. The summed E-state index contributed by atoms with van der Waals surface area (Å²) in [6.07, 6.45) is 0.815. The topological polar surface area (TPSA) is 55.1 Å². The molecule has 0 saturated heterocycles. The Morgan fingerprint density at radius 3 is 2.32 bits per heavy atom. The van der Waals surface area contributed by atoms with Gasteiger partial charge in [0.05, 0.1) is 12.0 Å². The molecule has 19 heavy (non-hydrogen) atoms. The number of rotatable bonds is 6. The van der Waals surface area contributed by atoms with Gasteiger partial charge in [0.1, 0.15) is 0 Å². The average molecular weight is 283 g/mol. The van der Waals surface area contributed by atoms with Crippen molar-refractivity contribution in [1.29, 1.82) is 0 Å². The van der Waals surface area contributed by atoms with Crippen molar-refractivity contribution in [3.05, 3.63) is 34.9 Å². The monoisotopic (exact) mass is 282 g/mol. The molecule has 1 rings (SSSR count). The van der Waals surface area contributed by atoms with Crippen LogP contribution in [0.25, 0.3) is 0 Å². The Hall–Kier alpha value is -1.06. The summed E-state index contributed by atoms with van der Waals surface area (Å²) >= 11 is 5.85. The summed E-state index contributed by atoms with van der Waals surface area (Å²) in [4.78, 5) is 12.1. The lowest BCUT2D eigenvalue weighted by molar-refractivity contribution is -0.125. The third kappa shape index (κ3) is 5.21. The molecule has 0 aliphatic carbocycles. The quantitative estimate of drug-likeness (QED) is 0.842. The van der Waals surface area contributed by atoms with Crippen LogP contribution in [0, 0.1) is 11.8 Å². The van der Waals surface area contributed by atoms with Crippen LogP contribution in [-0.2, 0) is 4.79 Å². The molecule has 2 atom stereocenters. The Morgan fingerprint density at radius 1 is 1.26 bits per heavy atom. The Labute approximate surface area is 120 Å². The van der Waals surface area contributed by atoms with Crippen molar-refractivity contribution in [2.75, 3.05) is 6.54 Å². The predicted octanol–water partition coefficient (Wildman–Crippen LogP) is 3.14. The molecule has 4 heteroatoms. The molecule has 3 N–H and O–H groups in total. The minimum absolute atomic E-state index is 0.0265. The van der Waals surface area contributed by atoms with E-state index in [9.17, 15) is 4.79 Å². The molecule has 1 unspecified atom stereocenters. The zero-order valence-electron chi connectivity index (χ0n) is 11.8. The van der Waals surface area contributed by atoms with E-state index in [1.165, 1.54) is 0 Å². The Kier molecular flexibility index (Phi) is 6.32. The summed E-state index contributed by atoms with van der Waals surface area (Å²) in [5.74, 6) is 0.374. The first-order chi connectivity index (χ1) is 8.93. The fourth-order valence-electron chi connectivity index (χ4n) is 2.05. The van der Waals surface area contributed by atoms with Crippen molar-refractivity contribution in [1.82, 2.24) is 5.32 Å². The molecule has 0 aliphatic heterocycles. The van der Waals surface area contributed by atoms with E-state index < -0.39 is 0 Å². The first kappa shape index (κ1) is 16.0. The van der Waals surface area contributed by atoms with Crippen LogP contribution in [0.5, 0.6) is 0 Å². The molecule has 0 aliphatic rings.